The molecule has 1 unspecified atom stereocenters. The molecule has 0 aliphatic heterocycles. The van der Waals surface area contributed by atoms with Gasteiger partial charge in [-0.1, -0.05) is 6.92 Å². The van der Waals surface area contributed by atoms with Crippen molar-refractivity contribution in [1.29, 1.82) is 5.26 Å². The summed E-state index contributed by atoms with van der Waals surface area (Å²) in [5.74, 6) is -0.272. The zero-order valence-electron chi connectivity index (χ0n) is 11.7. The lowest BCUT2D eigenvalue weighted by Crippen LogP contribution is -2.31. The number of hydrogen-bond donors (Lipinski definition) is 1. The highest BCUT2D eigenvalue weighted by Crippen LogP contribution is 2.16. The molecular weight excluding hydrogens is 240 g/mol. The third-order valence-electron chi connectivity index (χ3n) is 2.73. The highest BCUT2D eigenvalue weighted by Gasteiger charge is 2.17. The van der Waals surface area contributed by atoms with Gasteiger partial charge in [0.15, 0.2) is 0 Å². The van der Waals surface area contributed by atoms with Crippen molar-refractivity contribution in [1.82, 2.24) is 9.88 Å². The molecule has 0 bridgehead atoms. The molecule has 1 heterocycles. The van der Waals surface area contributed by atoms with Gasteiger partial charge in [0.1, 0.15) is 0 Å². The molecule has 1 rings (SSSR count). The Labute approximate surface area is 114 Å². The summed E-state index contributed by atoms with van der Waals surface area (Å²) < 4.78 is 0. The average Bonchev–Trinajstić information content (AvgIpc) is 2.44. The molecule has 0 saturated heterocycles. The molecule has 1 N–H and O–H groups in total. The van der Waals surface area contributed by atoms with E-state index in [4.69, 9.17) is 5.26 Å². The van der Waals surface area contributed by atoms with E-state index in [-0.39, 0.29) is 11.8 Å². The fourth-order valence-corrected chi connectivity index (χ4v) is 1.72. The van der Waals surface area contributed by atoms with E-state index >= 15 is 0 Å². The summed E-state index contributed by atoms with van der Waals surface area (Å²) in [6.45, 7) is 5.08. The number of carbonyl (C=O) groups excluding carboxylic acids is 1. The first-order valence-electron chi connectivity index (χ1n) is 6.43. The van der Waals surface area contributed by atoms with Crippen molar-refractivity contribution in [2.45, 2.75) is 20.3 Å². The Bertz CT molecular complexity index is 467. The van der Waals surface area contributed by atoms with Crippen LogP contribution in [-0.2, 0) is 0 Å². The van der Waals surface area contributed by atoms with Gasteiger partial charge in [-0.15, -0.1) is 0 Å². The molecule has 0 saturated carbocycles. The van der Waals surface area contributed by atoms with Crippen LogP contribution >= 0.6 is 0 Å². The minimum Gasteiger partial charge on any atom is -0.383 e. The van der Waals surface area contributed by atoms with Gasteiger partial charge in [0.05, 0.1) is 29.4 Å². The lowest BCUT2D eigenvalue weighted by molar-refractivity contribution is 0.0786. The standard InChI is InChI=1S/C14H20N4O/c1-4-6-17-13-9-16-7-5-12(13)14(19)18(3)10-11(2)8-15/h5,7,9,11,17H,4,6,10H2,1-3H3. The Balaban J connectivity index is 2.84. The molecule has 0 radical (unpaired) electrons. The summed E-state index contributed by atoms with van der Waals surface area (Å²) in [4.78, 5) is 17.9. The number of aromatic nitrogens is 1. The van der Waals surface area contributed by atoms with Crippen LogP contribution in [0.15, 0.2) is 18.5 Å². The quantitative estimate of drug-likeness (QED) is 0.850. The molecule has 0 aromatic carbocycles. The molecule has 1 amide bonds. The topological polar surface area (TPSA) is 69.0 Å². The van der Waals surface area contributed by atoms with Crippen LogP contribution in [0, 0.1) is 17.2 Å². The van der Waals surface area contributed by atoms with E-state index < -0.39 is 0 Å². The molecule has 1 aromatic heterocycles. The summed E-state index contributed by atoms with van der Waals surface area (Å²) in [6.07, 6.45) is 4.24. The first-order chi connectivity index (χ1) is 9.10. The van der Waals surface area contributed by atoms with Gasteiger partial charge in [-0.3, -0.25) is 9.78 Å². The lowest BCUT2D eigenvalue weighted by atomic mass is 10.1. The van der Waals surface area contributed by atoms with Crippen LogP contribution in [0.2, 0.25) is 0 Å². The largest absolute Gasteiger partial charge is 0.383 e. The molecule has 102 valence electrons. The SMILES string of the molecule is CCCNc1cnccc1C(=O)N(C)CC(C)C#N. The first kappa shape index (κ1) is 15.0. The second-order valence-corrected chi connectivity index (χ2v) is 4.56. The fourth-order valence-electron chi connectivity index (χ4n) is 1.72. The summed E-state index contributed by atoms with van der Waals surface area (Å²) >= 11 is 0. The van der Waals surface area contributed by atoms with E-state index in [0.717, 1.165) is 18.7 Å². The molecule has 1 aromatic rings. The third-order valence-corrected chi connectivity index (χ3v) is 2.73. The number of nitrogens with zero attached hydrogens (tertiary/aromatic N) is 3. The Morgan fingerprint density at radius 3 is 3.00 bits per heavy atom. The Kier molecular flexibility index (Phi) is 5.80. The zero-order chi connectivity index (χ0) is 14.3. The number of hydrogen-bond acceptors (Lipinski definition) is 4. The molecule has 0 fully saturated rings. The molecular formula is C14H20N4O. The van der Waals surface area contributed by atoms with E-state index in [2.05, 4.69) is 23.3 Å². The van der Waals surface area contributed by atoms with Crippen molar-refractivity contribution in [2.24, 2.45) is 5.92 Å². The van der Waals surface area contributed by atoms with Crippen LogP contribution in [-0.4, -0.2) is 35.9 Å². The van der Waals surface area contributed by atoms with Gasteiger partial charge >= 0.3 is 0 Å². The van der Waals surface area contributed by atoms with E-state index in [1.54, 1.807) is 37.3 Å². The summed E-state index contributed by atoms with van der Waals surface area (Å²) in [7, 11) is 1.71. The Morgan fingerprint density at radius 1 is 1.63 bits per heavy atom. The van der Waals surface area contributed by atoms with Crippen molar-refractivity contribution in [3.05, 3.63) is 24.0 Å². The third kappa shape index (κ3) is 4.25. The highest BCUT2D eigenvalue weighted by molar-refractivity contribution is 5.99. The normalized spacial score (nSPS) is 11.5. The van der Waals surface area contributed by atoms with Crippen molar-refractivity contribution in [2.75, 3.05) is 25.5 Å². The minimum atomic E-state index is -0.178. The van der Waals surface area contributed by atoms with Crippen LogP contribution in [0.3, 0.4) is 0 Å². The maximum Gasteiger partial charge on any atom is 0.255 e. The monoisotopic (exact) mass is 260 g/mol. The molecule has 19 heavy (non-hydrogen) atoms. The van der Waals surface area contributed by atoms with Crippen LogP contribution in [0.5, 0.6) is 0 Å². The Morgan fingerprint density at radius 2 is 2.37 bits per heavy atom. The maximum absolute atomic E-state index is 12.3. The molecule has 0 spiro atoms. The zero-order valence-corrected chi connectivity index (χ0v) is 11.7. The van der Waals surface area contributed by atoms with Crippen molar-refractivity contribution >= 4 is 11.6 Å². The lowest BCUT2D eigenvalue weighted by Gasteiger charge is -2.20. The molecule has 1 atom stereocenters. The minimum absolute atomic E-state index is 0.0943. The molecule has 5 heteroatoms. The van der Waals surface area contributed by atoms with Gasteiger partial charge < -0.3 is 10.2 Å². The van der Waals surface area contributed by atoms with Gasteiger partial charge in [-0.2, -0.15) is 5.26 Å². The summed E-state index contributed by atoms with van der Waals surface area (Å²) in [5, 5.41) is 12.0. The number of pyridine rings is 1. The predicted molar refractivity (Wildman–Crippen MR) is 74.8 cm³/mol. The number of carbonyl (C=O) groups is 1. The maximum atomic E-state index is 12.3. The van der Waals surface area contributed by atoms with E-state index in [0.29, 0.717) is 12.1 Å². The van der Waals surface area contributed by atoms with Crippen LogP contribution < -0.4 is 5.32 Å². The molecule has 0 aliphatic rings. The number of rotatable bonds is 6. The van der Waals surface area contributed by atoms with Crippen molar-refractivity contribution in [3.63, 3.8) is 0 Å². The molecule has 5 nitrogen and oxygen atoms in total. The van der Waals surface area contributed by atoms with Gasteiger partial charge in [0.2, 0.25) is 0 Å². The fraction of sp³-hybridized carbons (Fsp3) is 0.500. The number of nitrogens with one attached hydrogen (secondary N) is 1. The van der Waals surface area contributed by atoms with E-state index in [9.17, 15) is 4.79 Å². The average molecular weight is 260 g/mol. The van der Waals surface area contributed by atoms with Gasteiger partial charge in [0, 0.05) is 26.3 Å². The van der Waals surface area contributed by atoms with Gasteiger partial charge in [-0.25, -0.2) is 0 Å². The van der Waals surface area contributed by atoms with Crippen molar-refractivity contribution < 1.29 is 4.79 Å². The van der Waals surface area contributed by atoms with Crippen molar-refractivity contribution in [3.8, 4) is 6.07 Å². The second kappa shape index (κ2) is 7.37. The number of amides is 1. The van der Waals surface area contributed by atoms with Crippen LogP contribution in [0.1, 0.15) is 30.6 Å². The van der Waals surface area contributed by atoms with E-state index in [1.807, 2.05) is 0 Å². The second-order valence-electron chi connectivity index (χ2n) is 4.56. The van der Waals surface area contributed by atoms with Crippen LogP contribution in [0.4, 0.5) is 5.69 Å². The summed E-state index contributed by atoms with van der Waals surface area (Å²) in [5.41, 5.74) is 1.34. The summed E-state index contributed by atoms with van der Waals surface area (Å²) in [6, 6.07) is 3.83. The van der Waals surface area contributed by atoms with Gasteiger partial charge in [0.25, 0.3) is 5.91 Å². The number of nitriles is 1. The predicted octanol–water partition coefficient (Wildman–Crippen LogP) is 2.14. The number of anilines is 1. The van der Waals surface area contributed by atoms with Gasteiger partial charge in [-0.05, 0) is 19.4 Å². The smallest absolute Gasteiger partial charge is 0.255 e. The highest BCUT2D eigenvalue weighted by atomic mass is 16.2. The molecule has 0 aliphatic carbocycles. The van der Waals surface area contributed by atoms with E-state index in [1.165, 1.54) is 0 Å². The Hall–Kier alpha value is -2.09. The van der Waals surface area contributed by atoms with Crippen LogP contribution in [0.25, 0.3) is 0 Å². The first-order valence-corrected chi connectivity index (χ1v) is 6.43.